The minimum absolute atomic E-state index is 0.0730. The van der Waals surface area contributed by atoms with Crippen LogP contribution in [0.25, 0.3) is 10.9 Å². The van der Waals surface area contributed by atoms with Crippen molar-refractivity contribution in [2.45, 2.75) is 50.6 Å². The highest BCUT2D eigenvalue weighted by molar-refractivity contribution is 5.80. The molecule has 0 spiro atoms. The standard InChI is InChI=1S/C21H26N6O2/c1-29-16-9-8-14-12-17(21(28)22-18(14)13-16)19(26-10-4-5-11-26)20-23-24-25-27(20)15-6-2-3-7-15/h8-9,12-13,15,19H,2-7,10-11H2,1H3,(H,22,28)/p+1/t19-/m0/s1. The molecule has 8 nitrogen and oxygen atoms in total. The van der Waals surface area contributed by atoms with Gasteiger partial charge in [-0.3, -0.25) is 4.79 Å². The maximum Gasteiger partial charge on any atom is 0.258 e. The van der Waals surface area contributed by atoms with Crippen LogP contribution in [0.1, 0.15) is 62.0 Å². The lowest BCUT2D eigenvalue weighted by Gasteiger charge is -2.25. The monoisotopic (exact) mass is 395 g/mol. The third kappa shape index (κ3) is 3.31. The maximum absolute atomic E-state index is 13.2. The quantitative estimate of drug-likeness (QED) is 0.682. The molecule has 1 saturated carbocycles. The van der Waals surface area contributed by atoms with Crippen molar-refractivity contribution in [3.05, 3.63) is 46.0 Å². The number of hydrogen-bond donors (Lipinski definition) is 2. The highest BCUT2D eigenvalue weighted by atomic mass is 16.5. The summed E-state index contributed by atoms with van der Waals surface area (Å²) in [7, 11) is 1.63. The lowest BCUT2D eigenvalue weighted by Crippen LogP contribution is -3.10. The smallest absolute Gasteiger partial charge is 0.258 e. The molecule has 3 aromatic rings. The summed E-state index contributed by atoms with van der Waals surface area (Å²) in [5.41, 5.74) is 1.45. The highest BCUT2D eigenvalue weighted by Gasteiger charge is 2.37. The number of quaternary nitrogens is 1. The average Bonchev–Trinajstić information content (AvgIpc) is 3.50. The van der Waals surface area contributed by atoms with Crippen LogP contribution in [0.15, 0.2) is 29.1 Å². The van der Waals surface area contributed by atoms with E-state index in [1.807, 2.05) is 28.9 Å². The molecule has 1 saturated heterocycles. The normalized spacial score (nSPS) is 19.2. The molecule has 1 aromatic carbocycles. The van der Waals surface area contributed by atoms with E-state index in [-0.39, 0.29) is 11.6 Å². The molecular formula is C21H27N6O2+. The van der Waals surface area contributed by atoms with Crippen LogP contribution in [0.2, 0.25) is 0 Å². The van der Waals surface area contributed by atoms with Gasteiger partial charge >= 0.3 is 0 Å². The topological polar surface area (TPSA) is 90.1 Å². The van der Waals surface area contributed by atoms with E-state index in [9.17, 15) is 4.79 Å². The SMILES string of the molecule is COc1ccc2cc([C@@H](c3nnnn3C3CCCC3)[NH+]3CCCC3)c(=O)[nH]c2c1. The van der Waals surface area contributed by atoms with Crippen molar-refractivity contribution in [3.8, 4) is 5.75 Å². The number of likely N-dealkylation sites (tertiary alicyclic amines) is 1. The third-order valence-electron chi connectivity index (χ3n) is 6.49. The number of benzene rings is 1. The average molecular weight is 395 g/mol. The van der Waals surface area contributed by atoms with E-state index < -0.39 is 0 Å². The minimum atomic E-state index is -0.150. The summed E-state index contributed by atoms with van der Waals surface area (Å²) in [6, 6.07) is 7.98. The molecule has 2 fully saturated rings. The molecule has 2 aromatic heterocycles. The van der Waals surface area contributed by atoms with Gasteiger partial charge in [0.25, 0.3) is 5.56 Å². The van der Waals surface area contributed by atoms with E-state index in [0.717, 1.165) is 54.0 Å². The van der Waals surface area contributed by atoms with Crippen LogP contribution < -0.4 is 15.2 Å². The van der Waals surface area contributed by atoms with E-state index in [2.05, 4.69) is 20.5 Å². The van der Waals surface area contributed by atoms with Gasteiger partial charge in [-0.1, -0.05) is 12.8 Å². The van der Waals surface area contributed by atoms with Gasteiger partial charge < -0.3 is 14.6 Å². The van der Waals surface area contributed by atoms with Crippen molar-refractivity contribution in [1.82, 2.24) is 25.2 Å². The number of nitrogens with one attached hydrogen (secondary N) is 2. The second-order valence-electron chi connectivity index (χ2n) is 8.23. The Morgan fingerprint density at radius 2 is 1.97 bits per heavy atom. The van der Waals surface area contributed by atoms with Crippen LogP contribution in [0.5, 0.6) is 5.75 Å². The number of tetrazole rings is 1. The van der Waals surface area contributed by atoms with Crippen molar-refractivity contribution in [2.24, 2.45) is 0 Å². The van der Waals surface area contributed by atoms with Crippen LogP contribution in [0, 0.1) is 0 Å². The summed E-state index contributed by atoms with van der Waals surface area (Å²) in [6.45, 7) is 2.06. The van der Waals surface area contributed by atoms with Crippen molar-refractivity contribution < 1.29 is 9.64 Å². The first-order valence-electron chi connectivity index (χ1n) is 10.6. The van der Waals surface area contributed by atoms with Crippen LogP contribution in [0.4, 0.5) is 0 Å². The van der Waals surface area contributed by atoms with Crippen molar-refractivity contribution in [3.63, 3.8) is 0 Å². The molecule has 2 aliphatic rings. The number of nitrogens with zero attached hydrogens (tertiary/aromatic N) is 4. The Balaban J connectivity index is 1.64. The molecule has 5 rings (SSSR count). The van der Waals surface area contributed by atoms with E-state index in [4.69, 9.17) is 4.74 Å². The van der Waals surface area contributed by atoms with Crippen molar-refractivity contribution in [2.75, 3.05) is 20.2 Å². The van der Waals surface area contributed by atoms with Gasteiger partial charge in [-0.05, 0) is 46.9 Å². The highest BCUT2D eigenvalue weighted by Crippen LogP contribution is 2.31. The third-order valence-corrected chi connectivity index (χ3v) is 6.49. The molecular weight excluding hydrogens is 368 g/mol. The number of aromatic nitrogens is 5. The predicted octanol–water partition coefficient (Wildman–Crippen LogP) is 1.41. The molecule has 152 valence electrons. The molecule has 0 bridgehead atoms. The summed E-state index contributed by atoms with van der Waals surface area (Å²) in [5, 5.41) is 13.8. The van der Waals surface area contributed by atoms with E-state index in [1.165, 1.54) is 30.6 Å². The molecule has 1 aliphatic carbocycles. The Bertz CT molecular complexity index is 1060. The van der Waals surface area contributed by atoms with E-state index in [1.54, 1.807) is 7.11 Å². The van der Waals surface area contributed by atoms with Gasteiger partial charge in [-0.25, -0.2) is 4.68 Å². The first kappa shape index (κ1) is 18.3. The number of H-pyrrole nitrogens is 1. The molecule has 29 heavy (non-hydrogen) atoms. The van der Waals surface area contributed by atoms with Gasteiger partial charge in [0.1, 0.15) is 5.75 Å². The van der Waals surface area contributed by atoms with Gasteiger partial charge in [0.15, 0.2) is 6.04 Å². The molecule has 2 N–H and O–H groups in total. The summed E-state index contributed by atoms with van der Waals surface area (Å²) >= 11 is 0. The first-order chi connectivity index (χ1) is 14.2. The van der Waals surface area contributed by atoms with Crippen LogP contribution in [0.3, 0.4) is 0 Å². The number of pyridine rings is 1. The van der Waals surface area contributed by atoms with Crippen LogP contribution in [-0.2, 0) is 0 Å². The number of ether oxygens (including phenoxy) is 1. The van der Waals surface area contributed by atoms with E-state index in [0.29, 0.717) is 6.04 Å². The fourth-order valence-electron chi connectivity index (χ4n) is 5.00. The number of rotatable bonds is 5. The molecule has 3 heterocycles. The fourth-order valence-corrected chi connectivity index (χ4v) is 5.00. The number of aromatic amines is 1. The summed E-state index contributed by atoms with van der Waals surface area (Å²) in [4.78, 5) is 17.6. The Morgan fingerprint density at radius 3 is 2.72 bits per heavy atom. The molecule has 1 atom stereocenters. The summed E-state index contributed by atoms with van der Waals surface area (Å²) < 4.78 is 7.30. The number of hydrogen-bond acceptors (Lipinski definition) is 5. The first-order valence-corrected chi connectivity index (χ1v) is 10.6. The van der Waals surface area contributed by atoms with Gasteiger partial charge in [-0.15, -0.1) is 5.10 Å². The summed E-state index contributed by atoms with van der Waals surface area (Å²) in [5.74, 6) is 1.56. The van der Waals surface area contributed by atoms with E-state index >= 15 is 0 Å². The van der Waals surface area contributed by atoms with Gasteiger partial charge in [0, 0.05) is 18.9 Å². The lowest BCUT2D eigenvalue weighted by atomic mass is 10.0. The molecule has 0 amide bonds. The van der Waals surface area contributed by atoms with Crippen LogP contribution >= 0.6 is 0 Å². The van der Waals surface area contributed by atoms with Gasteiger partial charge in [0.05, 0.1) is 37.3 Å². The molecule has 8 heteroatoms. The maximum atomic E-state index is 13.2. The van der Waals surface area contributed by atoms with Gasteiger partial charge in [-0.2, -0.15) is 0 Å². The van der Waals surface area contributed by atoms with Crippen LogP contribution in [-0.4, -0.2) is 45.4 Å². The van der Waals surface area contributed by atoms with Gasteiger partial charge in [0.2, 0.25) is 5.82 Å². The Hall–Kier alpha value is -2.74. The molecule has 0 unspecified atom stereocenters. The second-order valence-corrected chi connectivity index (χ2v) is 8.23. The van der Waals surface area contributed by atoms with Crippen molar-refractivity contribution >= 4 is 10.9 Å². The number of fused-ring (bicyclic) bond motifs is 1. The fraction of sp³-hybridized carbons (Fsp3) is 0.524. The molecule has 0 radical (unpaired) electrons. The minimum Gasteiger partial charge on any atom is -0.497 e. The number of methoxy groups -OCH3 is 1. The Morgan fingerprint density at radius 1 is 1.17 bits per heavy atom. The second kappa shape index (κ2) is 7.59. The zero-order valence-electron chi connectivity index (χ0n) is 16.7. The van der Waals surface area contributed by atoms with Crippen molar-refractivity contribution in [1.29, 1.82) is 0 Å². The zero-order valence-corrected chi connectivity index (χ0v) is 16.7. The largest absolute Gasteiger partial charge is 0.497 e. The Labute approximate surface area is 168 Å². The Kier molecular flexibility index (Phi) is 4.79. The molecule has 1 aliphatic heterocycles. The lowest BCUT2D eigenvalue weighted by molar-refractivity contribution is -0.914. The summed E-state index contributed by atoms with van der Waals surface area (Å²) in [6.07, 6.45) is 6.97. The zero-order chi connectivity index (χ0) is 19.8. The predicted molar refractivity (Wildman–Crippen MR) is 108 cm³/mol.